The van der Waals surface area contributed by atoms with Gasteiger partial charge in [0.1, 0.15) is 18.0 Å². The number of ether oxygens (including phenoxy) is 1. The number of hydrogen-bond donors (Lipinski definition) is 0. The highest BCUT2D eigenvalue weighted by molar-refractivity contribution is 7.92. The Labute approximate surface area is 195 Å². The number of benzene rings is 3. The van der Waals surface area contributed by atoms with Crippen LogP contribution in [0.1, 0.15) is 25.7 Å². The fourth-order valence-corrected chi connectivity index (χ4v) is 5.32. The molecule has 6 nitrogen and oxygen atoms in total. The lowest BCUT2D eigenvalue weighted by molar-refractivity contribution is -0.129. The molecule has 0 radical (unpaired) electrons. The lowest BCUT2D eigenvalue weighted by Gasteiger charge is -2.28. The summed E-state index contributed by atoms with van der Waals surface area (Å²) < 4.78 is 34.1. The average molecular weight is 465 g/mol. The Bertz CT molecular complexity index is 1140. The molecule has 1 amide bonds. The Kier molecular flexibility index (Phi) is 7.29. The summed E-state index contributed by atoms with van der Waals surface area (Å²) in [4.78, 5) is 15.1. The van der Waals surface area contributed by atoms with Gasteiger partial charge in [-0.25, -0.2) is 8.42 Å². The van der Waals surface area contributed by atoms with Crippen molar-refractivity contribution in [2.24, 2.45) is 0 Å². The summed E-state index contributed by atoms with van der Waals surface area (Å²) in [6.07, 6.45) is 4.09. The van der Waals surface area contributed by atoms with Gasteiger partial charge in [-0.1, -0.05) is 49.2 Å². The van der Waals surface area contributed by atoms with Crippen molar-refractivity contribution in [1.82, 2.24) is 4.90 Å². The number of sulfonamides is 1. The number of carbonyl (C=O) groups excluding carboxylic acids is 1. The van der Waals surface area contributed by atoms with E-state index >= 15 is 0 Å². The lowest BCUT2D eigenvalue weighted by atomic mass is 10.2. The summed E-state index contributed by atoms with van der Waals surface area (Å²) in [5, 5.41) is 0. The summed E-state index contributed by atoms with van der Waals surface area (Å²) in [6, 6.07) is 24.4. The van der Waals surface area contributed by atoms with E-state index in [1.54, 1.807) is 59.5 Å². The number of para-hydroxylation sites is 1. The van der Waals surface area contributed by atoms with Gasteiger partial charge in [0.05, 0.1) is 10.6 Å². The van der Waals surface area contributed by atoms with Gasteiger partial charge in [0.2, 0.25) is 5.91 Å². The SMILES string of the molecule is O=C(CN(c1ccc(Oc2ccccc2)cc1)S(=O)(=O)c1ccccc1)N1CCCCCC1. The van der Waals surface area contributed by atoms with Gasteiger partial charge in [0, 0.05) is 13.1 Å². The van der Waals surface area contributed by atoms with Gasteiger partial charge in [-0.2, -0.15) is 0 Å². The summed E-state index contributed by atoms with van der Waals surface area (Å²) in [5.74, 6) is 1.09. The van der Waals surface area contributed by atoms with Gasteiger partial charge >= 0.3 is 0 Å². The van der Waals surface area contributed by atoms with Gasteiger partial charge in [-0.3, -0.25) is 9.10 Å². The molecule has 0 spiro atoms. The number of hydrogen-bond acceptors (Lipinski definition) is 4. The van der Waals surface area contributed by atoms with Crippen molar-refractivity contribution < 1.29 is 17.9 Å². The number of anilines is 1. The first-order valence-electron chi connectivity index (χ1n) is 11.2. The number of nitrogens with zero attached hydrogens (tertiary/aromatic N) is 2. The molecule has 0 aliphatic carbocycles. The minimum atomic E-state index is -3.92. The molecule has 1 aliphatic rings. The van der Waals surface area contributed by atoms with Crippen LogP contribution < -0.4 is 9.04 Å². The molecule has 3 aromatic carbocycles. The monoisotopic (exact) mass is 464 g/mol. The number of likely N-dealkylation sites (tertiary alicyclic amines) is 1. The Balaban J connectivity index is 1.61. The van der Waals surface area contributed by atoms with Crippen molar-refractivity contribution >= 4 is 21.6 Å². The summed E-state index contributed by atoms with van der Waals surface area (Å²) in [7, 11) is -3.92. The molecule has 4 rings (SSSR count). The lowest BCUT2D eigenvalue weighted by Crippen LogP contribution is -2.43. The molecular weight excluding hydrogens is 436 g/mol. The summed E-state index contributed by atoms with van der Waals surface area (Å²) in [5.41, 5.74) is 0.419. The molecule has 1 fully saturated rings. The maximum absolute atomic E-state index is 13.5. The molecule has 0 aromatic heterocycles. The molecule has 0 atom stereocenters. The molecule has 1 aliphatic heterocycles. The molecule has 0 N–H and O–H groups in total. The van der Waals surface area contributed by atoms with Gasteiger partial charge in [-0.05, 0) is 61.4 Å². The van der Waals surface area contributed by atoms with Crippen LogP contribution in [0.25, 0.3) is 0 Å². The second-order valence-corrected chi connectivity index (χ2v) is 9.89. The fourth-order valence-electron chi connectivity index (χ4n) is 3.88. The number of carbonyl (C=O) groups is 1. The predicted octanol–water partition coefficient (Wildman–Crippen LogP) is 5.08. The van der Waals surface area contributed by atoms with Crippen LogP contribution in [0.3, 0.4) is 0 Å². The van der Waals surface area contributed by atoms with Gasteiger partial charge < -0.3 is 9.64 Å². The zero-order chi connectivity index (χ0) is 23.1. The van der Waals surface area contributed by atoms with Crippen molar-refractivity contribution in [2.45, 2.75) is 30.6 Å². The highest BCUT2D eigenvalue weighted by Crippen LogP contribution is 2.28. The third-order valence-electron chi connectivity index (χ3n) is 5.67. The van der Waals surface area contributed by atoms with E-state index < -0.39 is 10.0 Å². The van der Waals surface area contributed by atoms with E-state index in [1.165, 1.54) is 4.31 Å². The van der Waals surface area contributed by atoms with Crippen molar-refractivity contribution in [2.75, 3.05) is 23.9 Å². The van der Waals surface area contributed by atoms with Crippen LogP contribution in [0.2, 0.25) is 0 Å². The van der Waals surface area contributed by atoms with Crippen molar-refractivity contribution in [1.29, 1.82) is 0 Å². The van der Waals surface area contributed by atoms with Crippen LogP contribution in [0, 0.1) is 0 Å². The van der Waals surface area contributed by atoms with Crippen LogP contribution in [0.15, 0.2) is 89.8 Å². The maximum Gasteiger partial charge on any atom is 0.264 e. The average Bonchev–Trinajstić information content (AvgIpc) is 3.14. The minimum Gasteiger partial charge on any atom is -0.457 e. The molecule has 7 heteroatoms. The molecule has 1 saturated heterocycles. The van der Waals surface area contributed by atoms with E-state index in [2.05, 4.69) is 0 Å². The van der Waals surface area contributed by atoms with Crippen LogP contribution in [-0.4, -0.2) is 38.9 Å². The zero-order valence-corrected chi connectivity index (χ0v) is 19.3. The molecule has 0 saturated carbocycles. The maximum atomic E-state index is 13.5. The van der Waals surface area contributed by atoms with E-state index in [0.29, 0.717) is 30.3 Å². The first kappa shape index (κ1) is 22.9. The van der Waals surface area contributed by atoms with E-state index in [4.69, 9.17) is 4.74 Å². The Morgan fingerprint density at radius 3 is 1.91 bits per heavy atom. The Hall–Kier alpha value is -3.32. The van der Waals surface area contributed by atoms with Crippen molar-refractivity contribution in [3.8, 4) is 11.5 Å². The van der Waals surface area contributed by atoms with Gasteiger partial charge in [0.15, 0.2) is 0 Å². The third kappa shape index (κ3) is 5.73. The van der Waals surface area contributed by atoms with Crippen LogP contribution >= 0.6 is 0 Å². The molecule has 1 heterocycles. The van der Waals surface area contributed by atoms with E-state index in [0.717, 1.165) is 25.7 Å². The highest BCUT2D eigenvalue weighted by atomic mass is 32.2. The van der Waals surface area contributed by atoms with Crippen molar-refractivity contribution in [3.05, 3.63) is 84.9 Å². The molecule has 172 valence electrons. The standard InChI is InChI=1S/C26H28N2O4S/c29-26(27-19-9-1-2-10-20-27)21-28(33(30,31)25-13-7-4-8-14-25)22-15-17-24(18-16-22)32-23-11-5-3-6-12-23/h3-8,11-18H,1-2,9-10,19-21H2. The number of rotatable bonds is 7. The van der Waals surface area contributed by atoms with Crippen LogP contribution in [0.4, 0.5) is 5.69 Å². The van der Waals surface area contributed by atoms with E-state index in [1.807, 2.05) is 30.3 Å². The summed E-state index contributed by atoms with van der Waals surface area (Å²) in [6.45, 7) is 1.10. The van der Waals surface area contributed by atoms with Gasteiger partial charge in [0.25, 0.3) is 10.0 Å². The van der Waals surface area contributed by atoms with Crippen LogP contribution in [-0.2, 0) is 14.8 Å². The second kappa shape index (κ2) is 10.5. The summed E-state index contributed by atoms with van der Waals surface area (Å²) >= 11 is 0. The molecule has 33 heavy (non-hydrogen) atoms. The van der Waals surface area contributed by atoms with Crippen molar-refractivity contribution in [3.63, 3.8) is 0 Å². The minimum absolute atomic E-state index is 0.151. The molecule has 3 aromatic rings. The van der Waals surface area contributed by atoms with Crippen LogP contribution in [0.5, 0.6) is 11.5 Å². The first-order valence-corrected chi connectivity index (χ1v) is 12.7. The largest absolute Gasteiger partial charge is 0.457 e. The highest BCUT2D eigenvalue weighted by Gasteiger charge is 2.29. The number of amides is 1. The first-order chi connectivity index (χ1) is 16.0. The molecular formula is C26H28N2O4S. The van der Waals surface area contributed by atoms with E-state index in [9.17, 15) is 13.2 Å². The van der Waals surface area contributed by atoms with E-state index in [-0.39, 0.29) is 17.3 Å². The Morgan fingerprint density at radius 2 is 1.30 bits per heavy atom. The quantitative estimate of drug-likeness (QED) is 0.489. The Morgan fingerprint density at radius 1 is 0.758 bits per heavy atom. The topological polar surface area (TPSA) is 66.9 Å². The zero-order valence-electron chi connectivity index (χ0n) is 18.5. The second-order valence-electron chi connectivity index (χ2n) is 8.03. The normalized spacial score (nSPS) is 14.4. The predicted molar refractivity (Wildman–Crippen MR) is 129 cm³/mol. The smallest absolute Gasteiger partial charge is 0.264 e. The molecule has 0 bridgehead atoms. The third-order valence-corrected chi connectivity index (χ3v) is 7.46. The van der Waals surface area contributed by atoms with Gasteiger partial charge in [-0.15, -0.1) is 0 Å². The molecule has 0 unspecified atom stereocenters. The fraction of sp³-hybridized carbons (Fsp3) is 0.269.